The lowest BCUT2D eigenvalue weighted by Gasteiger charge is -2.05. The minimum Gasteiger partial charge on any atom is -0.295 e. The Kier molecular flexibility index (Phi) is 4.37. The number of non-ortho nitro benzene ring substituents is 1. The SMILES string of the molecule is CC(=O)c1ccc(S(=O)(=O)Cc2ccc([N+](=O)[O-])cc2)cc1. The van der Waals surface area contributed by atoms with Crippen LogP contribution in [0.2, 0.25) is 0 Å². The third-order valence-corrected chi connectivity index (χ3v) is 4.83. The maximum absolute atomic E-state index is 12.3. The van der Waals surface area contributed by atoms with E-state index in [0.29, 0.717) is 11.1 Å². The quantitative estimate of drug-likeness (QED) is 0.480. The Morgan fingerprint density at radius 3 is 2.05 bits per heavy atom. The minimum absolute atomic E-state index is 0.0908. The van der Waals surface area contributed by atoms with Crippen molar-refractivity contribution in [1.82, 2.24) is 0 Å². The van der Waals surface area contributed by atoms with Crippen LogP contribution in [-0.2, 0) is 15.6 Å². The smallest absolute Gasteiger partial charge is 0.269 e. The molecule has 0 aliphatic carbocycles. The highest BCUT2D eigenvalue weighted by molar-refractivity contribution is 7.90. The lowest BCUT2D eigenvalue weighted by atomic mass is 10.2. The Labute approximate surface area is 127 Å². The zero-order valence-corrected chi connectivity index (χ0v) is 12.5. The molecule has 7 heteroatoms. The van der Waals surface area contributed by atoms with Crippen LogP contribution in [0.1, 0.15) is 22.8 Å². The first-order chi connectivity index (χ1) is 10.3. The van der Waals surface area contributed by atoms with Crippen LogP contribution in [0.3, 0.4) is 0 Å². The second-order valence-electron chi connectivity index (χ2n) is 4.76. The summed E-state index contributed by atoms with van der Waals surface area (Å²) in [6.45, 7) is 1.40. The van der Waals surface area contributed by atoms with Gasteiger partial charge in [-0.15, -0.1) is 0 Å². The Bertz CT molecular complexity index is 808. The average molecular weight is 319 g/mol. The highest BCUT2D eigenvalue weighted by Crippen LogP contribution is 2.19. The zero-order chi connectivity index (χ0) is 16.3. The van der Waals surface area contributed by atoms with Crippen molar-refractivity contribution in [2.75, 3.05) is 0 Å². The fraction of sp³-hybridized carbons (Fsp3) is 0.133. The van der Waals surface area contributed by atoms with E-state index in [9.17, 15) is 23.3 Å². The molecule has 2 rings (SSSR count). The van der Waals surface area contributed by atoms with E-state index >= 15 is 0 Å². The van der Waals surface area contributed by atoms with Crippen molar-refractivity contribution in [2.24, 2.45) is 0 Å². The van der Waals surface area contributed by atoms with Crippen molar-refractivity contribution in [1.29, 1.82) is 0 Å². The molecule has 0 radical (unpaired) electrons. The third kappa shape index (κ3) is 3.56. The predicted molar refractivity (Wildman–Crippen MR) is 80.4 cm³/mol. The number of benzene rings is 2. The number of Topliss-reactive ketones (excluding diaryl/α,β-unsaturated/α-hetero) is 1. The van der Waals surface area contributed by atoms with Crippen molar-refractivity contribution in [3.05, 3.63) is 69.8 Å². The largest absolute Gasteiger partial charge is 0.295 e. The number of nitrogens with zero attached hydrogens (tertiary/aromatic N) is 1. The number of carbonyl (C=O) groups is 1. The summed E-state index contributed by atoms with van der Waals surface area (Å²) >= 11 is 0. The Balaban J connectivity index is 2.23. The van der Waals surface area contributed by atoms with Gasteiger partial charge in [0.1, 0.15) is 0 Å². The molecule has 0 heterocycles. The fourth-order valence-corrected chi connectivity index (χ4v) is 3.26. The molecular formula is C15H13NO5S. The molecule has 0 amide bonds. The number of nitro benzene ring substituents is 1. The molecule has 0 atom stereocenters. The second kappa shape index (κ2) is 6.07. The number of nitro groups is 1. The fourth-order valence-electron chi connectivity index (χ4n) is 1.91. The van der Waals surface area contributed by atoms with Gasteiger partial charge in [-0.2, -0.15) is 0 Å². The summed E-state index contributed by atoms with van der Waals surface area (Å²) in [6.07, 6.45) is 0. The number of hydrogen-bond acceptors (Lipinski definition) is 5. The first kappa shape index (κ1) is 15.8. The third-order valence-electron chi connectivity index (χ3n) is 3.12. The summed E-state index contributed by atoms with van der Waals surface area (Å²) in [5.41, 5.74) is 0.808. The molecule has 0 bridgehead atoms. The highest BCUT2D eigenvalue weighted by Gasteiger charge is 2.16. The van der Waals surface area contributed by atoms with Crippen LogP contribution in [0.4, 0.5) is 5.69 Å². The van der Waals surface area contributed by atoms with Crippen LogP contribution < -0.4 is 0 Å². The van der Waals surface area contributed by atoms with E-state index in [0.717, 1.165) is 0 Å². The van der Waals surface area contributed by atoms with Gasteiger partial charge < -0.3 is 0 Å². The second-order valence-corrected chi connectivity index (χ2v) is 6.75. The molecule has 0 saturated heterocycles. The molecule has 0 unspecified atom stereocenters. The summed E-state index contributed by atoms with van der Waals surface area (Å²) in [4.78, 5) is 21.3. The number of ketones is 1. The van der Waals surface area contributed by atoms with Gasteiger partial charge in [0.2, 0.25) is 0 Å². The molecule has 114 valence electrons. The normalized spacial score (nSPS) is 11.1. The van der Waals surface area contributed by atoms with E-state index in [1.807, 2.05) is 0 Å². The van der Waals surface area contributed by atoms with Crippen LogP contribution >= 0.6 is 0 Å². The first-order valence-electron chi connectivity index (χ1n) is 6.37. The van der Waals surface area contributed by atoms with Crippen LogP contribution in [0.5, 0.6) is 0 Å². The van der Waals surface area contributed by atoms with E-state index in [4.69, 9.17) is 0 Å². The molecule has 0 spiro atoms. The summed E-state index contributed by atoms with van der Waals surface area (Å²) in [5, 5.41) is 10.6. The summed E-state index contributed by atoms with van der Waals surface area (Å²) < 4.78 is 24.6. The number of sulfone groups is 1. The monoisotopic (exact) mass is 319 g/mol. The van der Waals surface area contributed by atoms with Gasteiger partial charge in [0.05, 0.1) is 15.6 Å². The number of carbonyl (C=O) groups excluding carboxylic acids is 1. The number of hydrogen-bond donors (Lipinski definition) is 0. The van der Waals surface area contributed by atoms with Crippen molar-refractivity contribution < 1.29 is 18.1 Å². The lowest BCUT2D eigenvalue weighted by molar-refractivity contribution is -0.384. The van der Waals surface area contributed by atoms with Crippen molar-refractivity contribution in [3.63, 3.8) is 0 Å². The van der Waals surface area contributed by atoms with Gasteiger partial charge in [0.15, 0.2) is 15.6 Å². The maximum atomic E-state index is 12.3. The molecule has 6 nitrogen and oxygen atoms in total. The molecule has 0 N–H and O–H groups in total. The minimum atomic E-state index is -3.57. The highest BCUT2D eigenvalue weighted by atomic mass is 32.2. The summed E-state index contributed by atoms with van der Waals surface area (Å²) in [6, 6.07) is 11.1. The van der Waals surface area contributed by atoms with Gasteiger partial charge in [0.25, 0.3) is 5.69 Å². The predicted octanol–water partition coefficient (Wildman–Crippen LogP) is 2.77. The molecule has 0 fully saturated rings. The molecule has 0 aliphatic heterocycles. The molecule has 2 aromatic carbocycles. The number of rotatable bonds is 5. The summed E-state index contributed by atoms with van der Waals surface area (Å²) in [7, 11) is -3.57. The molecule has 0 aliphatic rings. The summed E-state index contributed by atoms with van der Waals surface area (Å²) in [5.74, 6) is -0.399. The maximum Gasteiger partial charge on any atom is 0.269 e. The Morgan fingerprint density at radius 2 is 1.59 bits per heavy atom. The standard InChI is InChI=1S/C15H13NO5S/c1-11(17)13-4-8-15(9-5-13)22(20,21)10-12-2-6-14(7-3-12)16(18)19/h2-9H,10H2,1H3. The van der Waals surface area contributed by atoms with E-state index in [1.54, 1.807) is 0 Å². The lowest BCUT2D eigenvalue weighted by Crippen LogP contribution is -2.05. The van der Waals surface area contributed by atoms with Gasteiger partial charge in [-0.25, -0.2) is 8.42 Å². The molecule has 0 aromatic heterocycles. The van der Waals surface area contributed by atoms with Crippen LogP contribution in [0.15, 0.2) is 53.4 Å². The van der Waals surface area contributed by atoms with Crippen LogP contribution in [-0.4, -0.2) is 19.1 Å². The van der Waals surface area contributed by atoms with E-state index in [2.05, 4.69) is 0 Å². The molecule has 22 heavy (non-hydrogen) atoms. The van der Waals surface area contributed by atoms with E-state index < -0.39 is 14.8 Å². The van der Waals surface area contributed by atoms with Crippen molar-refractivity contribution in [3.8, 4) is 0 Å². The topological polar surface area (TPSA) is 94.3 Å². The average Bonchev–Trinajstić information content (AvgIpc) is 2.47. The molecule has 2 aromatic rings. The van der Waals surface area contributed by atoms with Gasteiger partial charge in [-0.1, -0.05) is 24.3 Å². The Hall–Kier alpha value is -2.54. The molecule has 0 saturated carbocycles. The van der Waals surface area contributed by atoms with Gasteiger partial charge >= 0.3 is 0 Å². The van der Waals surface area contributed by atoms with Crippen molar-refractivity contribution in [2.45, 2.75) is 17.6 Å². The van der Waals surface area contributed by atoms with Gasteiger partial charge in [0, 0.05) is 17.7 Å². The van der Waals surface area contributed by atoms with Crippen LogP contribution in [0, 0.1) is 10.1 Å². The Morgan fingerprint density at radius 1 is 1.05 bits per heavy atom. The van der Waals surface area contributed by atoms with Gasteiger partial charge in [-0.3, -0.25) is 14.9 Å². The first-order valence-corrected chi connectivity index (χ1v) is 8.02. The van der Waals surface area contributed by atoms with Crippen LogP contribution in [0.25, 0.3) is 0 Å². The molecular weight excluding hydrogens is 306 g/mol. The van der Waals surface area contributed by atoms with Crippen molar-refractivity contribution >= 4 is 21.3 Å². The van der Waals surface area contributed by atoms with E-state index in [-0.39, 0.29) is 22.1 Å². The van der Waals surface area contributed by atoms with E-state index in [1.165, 1.54) is 55.5 Å². The van der Waals surface area contributed by atoms with Gasteiger partial charge in [-0.05, 0) is 24.6 Å². The zero-order valence-electron chi connectivity index (χ0n) is 11.7.